The maximum atomic E-state index is 12.1. The van der Waals surface area contributed by atoms with Crippen LogP contribution >= 0.6 is 27.3 Å². The molecule has 1 aromatic carbocycles. The minimum Gasteiger partial charge on any atom is -0.224 e. The first-order valence-corrected chi connectivity index (χ1v) is 10.8. The maximum Gasteiger partial charge on any atom is 0.251 e. The lowest BCUT2D eigenvalue weighted by Gasteiger charge is -2.06. The van der Waals surface area contributed by atoms with Crippen LogP contribution < -0.4 is 4.72 Å². The molecule has 0 fully saturated rings. The fourth-order valence-electron chi connectivity index (χ4n) is 1.57. The molecule has 114 valence electrons. The molecule has 0 saturated heterocycles. The summed E-state index contributed by atoms with van der Waals surface area (Å²) < 4.78 is 50.1. The van der Waals surface area contributed by atoms with Crippen molar-refractivity contribution >= 4 is 47.1 Å². The van der Waals surface area contributed by atoms with Gasteiger partial charge in [-0.25, -0.2) is 21.6 Å². The van der Waals surface area contributed by atoms with Gasteiger partial charge in [0.2, 0.25) is 0 Å². The van der Waals surface area contributed by atoms with E-state index in [1.807, 2.05) is 0 Å². The zero-order chi connectivity index (χ0) is 15.7. The molecule has 0 atom stereocenters. The highest BCUT2D eigenvalue weighted by Crippen LogP contribution is 2.27. The summed E-state index contributed by atoms with van der Waals surface area (Å²) in [5, 5.41) is 1.68. The number of sulfonamides is 1. The van der Waals surface area contributed by atoms with Gasteiger partial charge in [0.1, 0.15) is 4.21 Å². The fraction of sp³-hybridized carbons (Fsp3) is 0.167. The Hall–Kier alpha value is -0.740. The van der Waals surface area contributed by atoms with Crippen molar-refractivity contribution in [2.75, 3.05) is 6.26 Å². The Morgan fingerprint density at radius 2 is 1.71 bits per heavy atom. The quantitative estimate of drug-likeness (QED) is 0.821. The Kier molecular flexibility index (Phi) is 4.89. The third-order valence-corrected chi connectivity index (χ3v) is 7.85. The molecule has 0 spiro atoms. The van der Waals surface area contributed by atoms with E-state index in [-0.39, 0.29) is 15.6 Å². The van der Waals surface area contributed by atoms with Gasteiger partial charge in [-0.2, -0.15) is 0 Å². The van der Waals surface area contributed by atoms with E-state index in [9.17, 15) is 16.8 Å². The Labute approximate surface area is 136 Å². The van der Waals surface area contributed by atoms with Crippen molar-refractivity contribution in [2.24, 2.45) is 0 Å². The zero-order valence-electron chi connectivity index (χ0n) is 10.9. The number of hydrogen-bond acceptors (Lipinski definition) is 5. The van der Waals surface area contributed by atoms with Gasteiger partial charge in [-0.1, -0.05) is 12.1 Å². The van der Waals surface area contributed by atoms with E-state index in [0.717, 1.165) is 17.6 Å². The molecule has 0 bridgehead atoms. The molecular formula is C12H12BrNO4S3. The summed E-state index contributed by atoms with van der Waals surface area (Å²) >= 11 is 4.31. The number of rotatable bonds is 5. The first kappa shape index (κ1) is 16.6. The number of nitrogens with one attached hydrogen (secondary N) is 1. The van der Waals surface area contributed by atoms with Crippen LogP contribution in [0.2, 0.25) is 0 Å². The number of benzene rings is 1. The molecule has 0 saturated carbocycles. The van der Waals surface area contributed by atoms with Crippen molar-refractivity contribution < 1.29 is 16.8 Å². The second-order valence-corrected chi connectivity index (χ2v) is 10.0. The molecule has 0 amide bonds. The highest BCUT2D eigenvalue weighted by atomic mass is 79.9. The number of hydrogen-bond donors (Lipinski definition) is 1. The maximum absolute atomic E-state index is 12.1. The summed E-state index contributed by atoms with van der Waals surface area (Å²) in [5.74, 6) is 0. The van der Waals surface area contributed by atoms with E-state index < -0.39 is 19.9 Å². The molecule has 1 aromatic heterocycles. The Morgan fingerprint density at radius 1 is 1.10 bits per heavy atom. The van der Waals surface area contributed by atoms with Crippen molar-refractivity contribution in [2.45, 2.75) is 15.6 Å². The zero-order valence-corrected chi connectivity index (χ0v) is 14.9. The van der Waals surface area contributed by atoms with Gasteiger partial charge in [-0.3, -0.25) is 0 Å². The number of sulfone groups is 1. The molecule has 21 heavy (non-hydrogen) atoms. The summed E-state index contributed by atoms with van der Waals surface area (Å²) in [4.78, 5) is 0.204. The second-order valence-electron chi connectivity index (χ2n) is 4.30. The van der Waals surface area contributed by atoms with Crippen LogP contribution in [0.1, 0.15) is 5.56 Å². The Balaban J connectivity index is 2.12. The molecule has 2 rings (SSSR count). The topological polar surface area (TPSA) is 80.3 Å². The fourth-order valence-corrected chi connectivity index (χ4v) is 5.60. The van der Waals surface area contributed by atoms with Gasteiger partial charge < -0.3 is 0 Å². The lowest BCUT2D eigenvalue weighted by Crippen LogP contribution is -2.22. The van der Waals surface area contributed by atoms with E-state index in [2.05, 4.69) is 20.7 Å². The highest BCUT2D eigenvalue weighted by Gasteiger charge is 2.18. The normalized spacial score (nSPS) is 12.5. The van der Waals surface area contributed by atoms with E-state index in [0.29, 0.717) is 10.0 Å². The van der Waals surface area contributed by atoms with E-state index in [4.69, 9.17) is 0 Å². The first-order chi connectivity index (χ1) is 9.70. The molecule has 1 heterocycles. The Bertz CT molecular complexity index is 839. The largest absolute Gasteiger partial charge is 0.251 e. The van der Waals surface area contributed by atoms with Crippen molar-refractivity contribution in [1.82, 2.24) is 4.72 Å². The predicted octanol–water partition coefficient (Wildman–Crippen LogP) is 2.39. The lowest BCUT2D eigenvalue weighted by atomic mass is 10.2. The molecule has 0 radical (unpaired) electrons. The summed E-state index contributed by atoms with van der Waals surface area (Å²) in [7, 11) is -6.83. The van der Waals surface area contributed by atoms with Crippen LogP contribution in [0.4, 0.5) is 0 Å². The van der Waals surface area contributed by atoms with Gasteiger partial charge in [-0.15, -0.1) is 11.3 Å². The predicted molar refractivity (Wildman–Crippen MR) is 85.6 cm³/mol. The van der Waals surface area contributed by atoms with Crippen molar-refractivity contribution in [1.29, 1.82) is 0 Å². The number of halogens is 1. The van der Waals surface area contributed by atoms with Crippen LogP contribution in [-0.2, 0) is 26.4 Å². The van der Waals surface area contributed by atoms with E-state index >= 15 is 0 Å². The molecule has 0 unspecified atom stereocenters. The van der Waals surface area contributed by atoms with Gasteiger partial charge in [-0.05, 0) is 45.1 Å². The van der Waals surface area contributed by atoms with Crippen LogP contribution in [-0.4, -0.2) is 23.1 Å². The van der Waals surface area contributed by atoms with Gasteiger partial charge in [0.25, 0.3) is 10.0 Å². The standard InChI is InChI=1S/C12H12BrNO4S3/c1-20(15,16)10-4-2-9(3-5-10)8-14-21(17,18)12-11(13)6-7-19-12/h2-7,14H,8H2,1H3. The highest BCUT2D eigenvalue weighted by molar-refractivity contribution is 9.10. The number of thiophene rings is 1. The van der Waals surface area contributed by atoms with Crippen LogP contribution in [0.25, 0.3) is 0 Å². The van der Waals surface area contributed by atoms with Crippen molar-refractivity contribution in [3.63, 3.8) is 0 Å². The van der Waals surface area contributed by atoms with Crippen molar-refractivity contribution in [3.8, 4) is 0 Å². The summed E-state index contributed by atoms with van der Waals surface area (Å²) in [5.41, 5.74) is 0.679. The average Bonchev–Trinajstić information content (AvgIpc) is 2.83. The van der Waals surface area contributed by atoms with Crippen LogP contribution in [0.5, 0.6) is 0 Å². The SMILES string of the molecule is CS(=O)(=O)c1ccc(CNS(=O)(=O)c2sccc2Br)cc1. The minimum absolute atomic E-state index is 0.0940. The summed E-state index contributed by atoms with van der Waals surface area (Å²) in [6, 6.07) is 7.75. The summed E-state index contributed by atoms with van der Waals surface area (Å²) in [6.45, 7) is 0.0940. The lowest BCUT2D eigenvalue weighted by molar-refractivity contribution is 0.582. The molecule has 5 nitrogen and oxygen atoms in total. The molecule has 0 aliphatic carbocycles. The van der Waals surface area contributed by atoms with E-state index in [1.165, 1.54) is 12.1 Å². The molecule has 9 heteroatoms. The monoisotopic (exact) mass is 409 g/mol. The third-order valence-electron chi connectivity index (χ3n) is 2.65. The molecule has 2 aromatic rings. The molecule has 1 N–H and O–H groups in total. The van der Waals surface area contributed by atoms with Crippen LogP contribution in [0.15, 0.2) is 49.3 Å². The minimum atomic E-state index is -3.58. The molecule has 0 aliphatic rings. The van der Waals surface area contributed by atoms with Gasteiger partial charge in [0.15, 0.2) is 9.84 Å². The second kappa shape index (κ2) is 6.17. The van der Waals surface area contributed by atoms with Gasteiger partial charge >= 0.3 is 0 Å². The van der Waals surface area contributed by atoms with Crippen LogP contribution in [0.3, 0.4) is 0 Å². The van der Waals surface area contributed by atoms with Crippen molar-refractivity contribution in [3.05, 3.63) is 45.7 Å². The van der Waals surface area contributed by atoms with Gasteiger partial charge in [0, 0.05) is 17.3 Å². The summed E-state index contributed by atoms with van der Waals surface area (Å²) in [6.07, 6.45) is 1.12. The van der Waals surface area contributed by atoms with Gasteiger partial charge in [0.05, 0.1) is 4.90 Å². The average molecular weight is 410 g/mol. The first-order valence-electron chi connectivity index (χ1n) is 5.72. The smallest absolute Gasteiger partial charge is 0.224 e. The Morgan fingerprint density at radius 3 is 2.19 bits per heavy atom. The molecule has 0 aliphatic heterocycles. The molecular weight excluding hydrogens is 398 g/mol. The van der Waals surface area contributed by atoms with Crippen LogP contribution in [0, 0.1) is 0 Å². The third kappa shape index (κ3) is 4.13. The van der Waals surface area contributed by atoms with E-state index in [1.54, 1.807) is 23.6 Å².